The Kier molecular flexibility index (Phi) is 5.06. The van der Waals surface area contributed by atoms with Gasteiger partial charge < -0.3 is 5.32 Å². The van der Waals surface area contributed by atoms with E-state index < -0.39 is 11.7 Å². The molecule has 0 saturated heterocycles. The zero-order valence-corrected chi connectivity index (χ0v) is 13.0. The molecule has 0 bridgehead atoms. The average Bonchev–Trinajstić information content (AvgIpc) is 2.44. The van der Waals surface area contributed by atoms with Crippen LogP contribution in [0.1, 0.15) is 29.7 Å². The van der Waals surface area contributed by atoms with E-state index in [9.17, 15) is 13.2 Å². The molecule has 1 nitrogen and oxygen atoms in total. The lowest BCUT2D eigenvalue weighted by Gasteiger charge is -2.16. The fraction of sp³-hybridized carbons (Fsp3) is 0.250. The van der Waals surface area contributed by atoms with Crippen molar-refractivity contribution < 1.29 is 13.2 Å². The fourth-order valence-corrected chi connectivity index (χ4v) is 2.47. The van der Waals surface area contributed by atoms with Crippen molar-refractivity contribution in [2.24, 2.45) is 0 Å². The molecule has 0 radical (unpaired) electrons. The van der Waals surface area contributed by atoms with Gasteiger partial charge in [-0.05, 0) is 42.3 Å². The molecule has 1 N–H and O–H groups in total. The molecule has 0 aliphatic heterocycles. The summed E-state index contributed by atoms with van der Waals surface area (Å²) in [6, 6.07) is 13.1. The third kappa shape index (κ3) is 4.58. The first kappa shape index (κ1) is 16.0. The van der Waals surface area contributed by atoms with Gasteiger partial charge in [0.1, 0.15) is 0 Å². The first-order valence-corrected chi connectivity index (χ1v) is 7.30. The van der Waals surface area contributed by atoms with E-state index in [1.54, 1.807) is 6.07 Å². The molecule has 0 spiro atoms. The predicted octanol–water partition coefficient (Wildman–Crippen LogP) is 5.32. The van der Waals surface area contributed by atoms with Crippen molar-refractivity contribution in [2.75, 3.05) is 0 Å². The van der Waals surface area contributed by atoms with Crippen molar-refractivity contribution in [3.05, 3.63) is 69.7 Å². The molecule has 0 aromatic heterocycles. The maximum absolute atomic E-state index is 12.7. The lowest BCUT2D eigenvalue weighted by molar-refractivity contribution is -0.137. The highest BCUT2D eigenvalue weighted by Crippen LogP contribution is 2.30. The van der Waals surface area contributed by atoms with Crippen LogP contribution in [0.15, 0.2) is 53.0 Å². The minimum atomic E-state index is -4.31. The lowest BCUT2D eigenvalue weighted by atomic mass is 10.0. The Morgan fingerprint density at radius 3 is 2.48 bits per heavy atom. The third-order valence-corrected chi connectivity index (χ3v) is 3.71. The van der Waals surface area contributed by atoms with Crippen LogP contribution in [-0.4, -0.2) is 0 Å². The topological polar surface area (TPSA) is 12.0 Å². The highest BCUT2D eigenvalue weighted by molar-refractivity contribution is 9.10. The second kappa shape index (κ2) is 6.62. The predicted molar refractivity (Wildman–Crippen MR) is 80.8 cm³/mol. The summed E-state index contributed by atoms with van der Waals surface area (Å²) in [5, 5.41) is 3.23. The maximum atomic E-state index is 12.7. The quantitative estimate of drug-likeness (QED) is 0.780. The third-order valence-electron chi connectivity index (χ3n) is 3.22. The van der Waals surface area contributed by atoms with Crippen molar-refractivity contribution in [3.63, 3.8) is 0 Å². The monoisotopic (exact) mass is 357 g/mol. The molecule has 0 aliphatic carbocycles. The molecule has 0 amide bonds. The number of alkyl halides is 3. The van der Waals surface area contributed by atoms with Crippen molar-refractivity contribution in [2.45, 2.75) is 25.7 Å². The van der Waals surface area contributed by atoms with Gasteiger partial charge in [0.25, 0.3) is 0 Å². The summed E-state index contributed by atoms with van der Waals surface area (Å²) in [6.45, 7) is 2.45. The molecule has 21 heavy (non-hydrogen) atoms. The molecule has 0 aliphatic rings. The number of rotatable bonds is 4. The highest BCUT2D eigenvalue weighted by Gasteiger charge is 2.30. The number of hydrogen-bond donors (Lipinski definition) is 1. The molecule has 0 fully saturated rings. The van der Waals surface area contributed by atoms with Gasteiger partial charge in [-0.3, -0.25) is 0 Å². The zero-order valence-electron chi connectivity index (χ0n) is 11.4. The lowest BCUT2D eigenvalue weighted by Crippen LogP contribution is -2.18. The van der Waals surface area contributed by atoms with Crippen molar-refractivity contribution in [1.29, 1.82) is 0 Å². The summed E-state index contributed by atoms with van der Waals surface area (Å²) >= 11 is 3.39. The molecule has 112 valence electrons. The second-order valence-corrected chi connectivity index (χ2v) is 5.77. The summed E-state index contributed by atoms with van der Waals surface area (Å²) in [7, 11) is 0. The van der Waals surface area contributed by atoms with E-state index in [0.717, 1.165) is 16.1 Å². The molecule has 1 atom stereocenters. The molecular formula is C16H15BrF3N. The molecule has 2 aromatic rings. The second-order valence-electron chi connectivity index (χ2n) is 4.86. The van der Waals surface area contributed by atoms with E-state index in [-0.39, 0.29) is 6.04 Å². The van der Waals surface area contributed by atoms with Gasteiger partial charge in [-0.15, -0.1) is 0 Å². The Bertz CT molecular complexity index is 610. The van der Waals surface area contributed by atoms with Gasteiger partial charge in [-0.25, -0.2) is 0 Å². The zero-order chi connectivity index (χ0) is 15.5. The fourth-order valence-electron chi connectivity index (χ4n) is 2.02. The van der Waals surface area contributed by atoms with E-state index in [1.807, 2.05) is 31.2 Å². The Balaban J connectivity index is 2.05. The Morgan fingerprint density at radius 2 is 1.81 bits per heavy atom. The van der Waals surface area contributed by atoms with Gasteiger partial charge in [0.2, 0.25) is 0 Å². The van der Waals surface area contributed by atoms with Gasteiger partial charge in [0, 0.05) is 17.1 Å². The normalized spacial score (nSPS) is 13.2. The first-order chi connectivity index (χ1) is 9.86. The summed E-state index contributed by atoms with van der Waals surface area (Å²) in [4.78, 5) is 0. The average molecular weight is 358 g/mol. The molecule has 0 heterocycles. The summed E-state index contributed by atoms with van der Waals surface area (Å²) < 4.78 is 39.1. The van der Waals surface area contributed by atoms with Gasteiger partial charge in [-0.1, -0.05) is 40.2 Å². The SMILES string of the molecule is CC(NCc1cccc(Br)c1)c1cccc(C(F)(F)F)c1. The molecular weight excluding hydrogens is 343 g/mol. The number of benzene rings is 2. The molecule has 0 saturated carbocycles. The highest BCUT2D eigenvalue weighted by atomic mass is 79.9. The van der Waals surface area contributed by atoms with Crippen molar-refractivity contribution in [3.8, 4) is 0 Å². The van der Waals surface area contributed by atoms with Gasteiger partial charge >= 0.3 is 6.18 Å². The number of nitrogens with one attached hydrogen (secondary N) is 1. The van der Waals surface area contributed by atoms with Crippen LogP contribution in [0.3, 0.4) is 0 Å². The maximum Gasteiger partial charge on any atom is 0.416 e. The van der Waals surface area contributed by atoms with Crippen LogP contribution in [0, 0.1) is 0 Å². The van der Waals surface area contributed by atoms with Gasteiger partial charge in [0.15, 0.2) is 0 Å². The number of halogens is 4. The van der Waals surface area contributed by atoms with E-state index in [1.165, 1.54) is 12.1 Å². The molecule has 5 heteroatoms. The standard InChI is InChI=1S/C16H15BrF3N/c1-11(21-10-12-4-2-7-15(17)8-12)13-5-3-6-14(9-13)16(18,19)20/h2-9,11,21H,10H2,1H3. The molecule has 1 unspecified atom stereocenters. The smallest absolute Gasteiger partial charge is 0.306 e. The Hall–Kier alpha value is -1.33. The van der Waals surface area contributed by atoms with Crippen molar-refractivity contribution in [1.82, 2.24) is 5.32 Å². The van der Waals surface area contributed by atoms with Gasteiger partial charge in [-0.2, -0.15) is 13.2 Å². The Morgan fingerprint density at radius 1 is 1.10 bits per heavy atom. The summed E-state index contributed by atoms with van der Waals surface area (Å²) in [6.07, 6.45) is -4.31. The van der Waals surface area contributed by atoms with Crippen LogP contribution in [-0.2, 0) is 12.7 Å². The van der Waals surface area contributed by atoms with Gasteiger partial charge in [0.05, 0.1) is 5.56 Å². The summed E-state index contributed by atoms with van der Waals surface area (Å²) in [5.41, 5.74) is 1.08. The minimum absolute atomic E-state index is 0.161. The van der Waals surface area contributed by atoms with E-state index in [2.05, 4.69) is 21.2 Å². The largest absolute Gasteiger partial charge is 0.416 e. The van der Waals surface area contributed by atoms with Crippen LogP contribution >= 0.6 is 15.9 Å². The minimum Gasteiger partial charge on any atom is -0.306 e. The Labute approximate surface area is 130 Å². The molecule has 2 rings (SSSR count). The van der Waals surface area contributed by atoms with E-state index >= 15 is 0 Å². The first-order valence-electron chi connectivity index (χ1n) is 6.51. The van der Waals surface area contributed by atoms with Crippen LogP contribution in [0.25, 0.3) is 0 Å². The van der Waals surface area contributed by atoms with Crippen LogP contribution in [0.5, 0.6) is 0 Å². The molecule has 2 aromatic carbocycles. The van der Waals surface area contributed by atoms with E-state index in [0.29, 0.717) is 12.1 Å². The van der Waals surface area contributed by atoms with E-state index in [4.69, 9.17) is 0 Å². The van der Waals surface area contributed by atoms with Crippen LogP contribution in [0.4, 0.5) is 13.2 Å². The number of hydrogen-bond acceptors (Lipinski definition) is 1. The van der Waals surface area contributed by atoms with Crippen LogP contribution < -0.4 is 5.32 Å². The van der Waals surface area contributed by atoms with Crippen LogP contribution in [0.2, 0.25) is 0 Å². The van der Waals surface area contributed by atoms with Crippen molar-refractivity contribution >= 4 is 15.9 Å². The summed E-state index contributed by atoms with van der Waals surface area (Å²) in [5.74, 6) is 0.